The van der Waals surface area contributed by atoms with Crippen LogP contribution in [0.2, 0.25) is 0 Å². The lowest BCUT2D eigenvalue weighted by atomic mass is 10.0. The zero-order chi connectivity index (χ0) is 27.5. The molecule has 5 aromatic rings. The van der Waals surface area contributed by atoms with Crippen LogP contribution in [0.5, 0.6) is 0 Å². The van der Waals surface area contributed by atoms with Crippen LogP contribution in [0, 0.1) is 5.82 Å². The van der Waals surface area contributed by atoms with E-state index in [1.54, 1.807) is 12.1 Å². The Balaban J connectivity index is 1.15. The molecule has 0 spiro atoms. The number of halogens is 1. The van der Waals surface area contributed by atoms with Crippen molar-refractivity contribution in [3.8, 4) is 0 Å². The smallest absolute Gasteiger partial charge is 0.326 e. The lowest BCUT2D eigenvalue weighted by molar-refractivity contribution is -0.131. The summed E-state index contributed by atoms with van der Waals surface area (Å²) in [6, 6.07) is 24.1. The lowest BCUT2D eigenvalue weighted by Gasteiger charge is -2.34. The molecule has 1 aliphatic heterocycles. The maximum atomic E-state index is 13.5. The first-order chi connectivity index (χ1) is 19.5. The molecular weight excluding hydrogens is 527 g/mol. The standard InChI is InChI=1S/C30H29FN6O2S/c31-23-12-10-21(11-13-23)18-27-33-30(40-34-27)36(19-22-6-2-1-3-7-22)20-28(38)35-16-14-24(15-17-35)37-26-9-5-4-8-25(26)32-29(37)39/h1-13,24H,14-20H2,(H,32,39). The van der Waals surface area contributed by atoms with Crippen molar-refractivity contribution in [1.82, 2.24) is 23.8 Å². The van der Waals surface area contributed by atoms with E-state index in [-0.39, 0.29) is 30.0 Å². The van der Waals surface area contributed by atoms with E-state index >= 15 is 0 Å². The molecule has 0 saturated carbocycles. The molecule has 40 heavy (non-hydrogen) atoms. The largest absolute Gasteiger partial charge is 0.341 e. The number of piperidine rings is 1. The normalized spacial score (nSPS) is 14.1. The monoisotopic (exact) mass is 556 g/mol. The average molecular weight is 557 g/mol. The number of hydrogen-bond donors (Lipinski definition) is 1. The zero-order valence-corrected chi connectivity index (χ0v) is 22.7. The van der Waals surface area contributed by atoms with Gasteiger partial charge in [0.25, 0.3) is 0 Å². The van der Waals surface area contributed by atoms with Gasteiger partial charge in [-0.2, -0.15) is 4.37 Å². The number of aromatic amines is 1. The number of H-pyrrole nitrogens is 1. The first-order valence-electron chi connectivity index (χ1n) is 13.4. The highest BCUT2D eigenvalue weighted by Gasteiger charge is 2.28. The molecule has 1 fully saturated rings. The van der Waals surface area contributed by atoms with Gasteiger partial charge in [-0.1, -0.05) is 54.6 Å². The lowest BCUT2D eigenvalue weighted by Crippen LogP contribution is -2.45. The topological polar surface area (TPSA) is 87.1 Å². The van der Waals surface area contributed by atoms with Crippen LogP contribution in [0.15, 0.2) is 83.7 Å². The Labute approximate surface area is 234 Å². The minimum atomic E-state index is -0.277. The summed E-state index contributed by atoms with van der Waals surface area (Å²) >= 11 is 1.27. The highest BCUT2D eigenvalue weighted by Crippen LogP contribution is 2.26. The molecule has 204 valence electrons. The van der Waals surface area contributed by atoms with Crippen molar-refractivity contribution < 1.29 is 9.18 Å². The molecule has 3 aromatic carbocycles. The fourth-order valence-corrected chi connectivity index (χ4v) is 5.98. The SMILES string of the molecule is O=C(CN(Cc1ccccc1)c1nc(Cc2ccc(F)cc2)ns1)N1CCC(n2c(=O)[nH]c3ccccc32)CC1. The summed E-state index contributed by atoms with van der Waals surface area (Å²) in [5.74, 6) is 0.388. The number of hydrogen-bond acceptors (Lipinski definition) is 6. The summed E-state index contributed by atoms with van der Waals surface area (Å²) in [4.78, 5) is 37.7. The highest BCUT2D eigenvalue weighted by atomic mass is 32.1. The minimum Gasteiger partial charge on any atom is -0.341 e. The molecule has 3 heterocycles. The second kappa shape index (κ2) is 11.4. The third-order valence-corrected chi connectivity index (χ3v) is 8.17. The molecule has 6 rings (SSSR count). The van der Waals surface area contributed by atoms with Crippen molar-refractivity contribution in [3.05, 3.63) is 112 Å². The molecule has 1 saturated heterocycles. The molecule has 0 unspecified atom stereocenters. The van der Waals surface area contributed by atoms with E-state index in [1.807, 2.05) is 69.0 Å². The molecule has 8 nitrogen and oxygen atoms in total. The Kier molecular flexibility index (Phi) is 7.41. The van der Waals surface area contributed by atoms with E-state index in [1.165, 1.54) is 23.7 Å². The highest BCUT2D eigenvalue weighted by molar-refractivity contribution is 7.09. The van der Waals surface area contributed by atoms with Gasteiger partial charge in [0.15, 0.2) is 0 Å². The maximum absolute atomic E-state index is 13.5. The molecule has 0 bridgehead atoms. The van der Waals surface area contributed by atoms with E-state index in [2.05, 4.69) is 9.36 Å². The van der Waals surface area contributed by atoms with Crippen molar-refractivity contribution in [1.29, 1.82) is 0 Å². The summed E-state index contributed by atoms with van der Waals surface area (Å²) in [5.41, 5.74) is 3.63. The van der Waals surface area contributed by atoms with Crippen LogP contribution in [0.3, 0.4) is 0 Å². The van der Waals surface area contributed by atoms with Crippen LogP contribution >= 0.6 is 11.5 Å². The molecular formula is C30H29FN6O2S. The van der Waals surface area contributed by atoms with Crippen molar-refractivity contribution in [3.63, 3.8) is 0 Å². The number of rotatable bonds is 8. The number of imidazole rings is 1. The average Bonchev–Trinajstić information content (AvgIpc) is 3.58. The van der Waals surface area contributed by atoms with Gasteiger partial charge < -0.3 is 14.8 Å². The first-order valence-corrected chi connectivity index (χ1v) is 14.1. The Bertz CT molecular complexity index is 1660. The quantitative estimate of drug-likeness (QED) is 0.297. The number of nitrogens with one attached hydrogen (secondary N) is 1. The van der Waals surface area contributed by atoms with Crippen LogP contribution in [-0.2, 0) is 17.8 Å². The number of aromatic nitrogens is 4. The van der Waals surface area contributed by atoms with Crippen LogP contribution in [0.1, 0.15) is 35.8 Å². The Hall–Kier alpha value is -4.31. The van der Waals surface area contributed by atoms with Gasteiger partial charge in [0.2, 0.25) is 11.0 Å². The van der Waals surface area contributed by atoms with E-state index < -0.39 is 0 Å². The van der Waals surface area contributed by atoms with Gasteiger partial charge in [0, 0.05) is 43.6 Å². The number of para-hydroxylation sites is 2. The number of carbonyl (C=O) groups is 1. The van der Waals surface area contributed by atoms with Crippen molar-refractivity contribution in [2.75, 3.05) is 24.5 Å². The Morgan fingerprint density at radius 2 is 1.70 bits per heavy atom. The molecule has 10 heteroatoms. The molecule has 1 N–H and O–H groups in total. The number of anilines is 1. The van der Waals surface area contributed by atoms with E-state index in [4.69, 9.17) is 4.98 Å². The van der Waals surface area contributed by atoms with Gasteiger partial charge in [0.1, 0.15) is 11.6 Å². The van der Waals surface area contributed by atoms with Crippen molar-refractivity contribution >= 4 is 33.6 Å². The maximum Gasteiger partial charge on any atom is 0.326 e. The molecule has 2 aromatic heterocycles. The third-order valence-electron chi connectivity index (χ3n) is 7.35. The van der Waals surface area contributed by atoms with Crippen LogP contribution in [0.4, 0.5) is 9.52 Å². The van der Waals surface area contributed by atoms with E-state index in [0.717, 1.165) is 22.2 Å². The van der Waals surface area contributed by atoms with Gasteiger partial charge in [0.05, 0.1) is 17.6 Å². The number of nitrogens with zero attached hydrogens (tertiary/aromatic N) is 5. The van der Waals surface area contributed by atoms with Gasteiger partial charge >= 0.3 is 5.69 Å². The van der Waals surface area contributed by atoms with Gasteiger partial charge in [-0.05, 0) is 48.2 Å². The molecule has 1 amide bonds. The summed E-state index contributed by atoms with van der Waals surface area (Å²) < 4.78 is 19.7. The molecule has 1 aliphatic rings. The predicted molar refractivity (Wildman–Crippen MR) is 154 cm³/mol. The van der Waals surface area contributed by atoms with Gasteiger partial charge in [-0.25, -0.2) is 14.2 Å². The number of fused-ring (bicyclic) bond motifs is 1. The van der Waals surface area contributed by atoms with Crippen LogP contribution < -0.4 is 10.6 Å². The second-order valence-electron chi connectivity index (χ2n) is 10.1. The first kappa shape index (κ1) is 25.9. The zero-order valence-electron chi connectivity index (χ0n) is 21.9. The van der Waals surface area contributed by atoms with Crippen LogP contribution in [0.25, 0.3) is 11.0 Å². The van der Waals surface area contributed by atoms with Crippen molar-refractivity contribution in [2.45, 2.75) is 31.8 Å². The number of benzene rings is 3. The number of amides is 1. The minimum absolute atomic E-state index is 0.0240. The molecule has 0 radical (unpaired) electrons. The summed E-state index contributed by atoms with van der Waals surface area (Å²) in [6.45, 7) is 1.87. The number of likely N-dealkylation sites (tertiary alicyclic amines) is 1. The van der Waals surface area contributed by atoms with Gasteiger partial charge in [-0.3, -0.25) is 9.36 Å². The fraction of sp³-hybridized carbons (Fsp3) is 0.267. The number of carbonyl (C=O) groups excluding carboxylic acids is 1. The van der Waals surface area contributed by atoms with Crippen LogP contribution in [-0.4, -0.2) is 49.3 Å². The van der Waals surface area contributed by atoms with E-state index in [0.29, 0.717) is 49.9 Å². The second-order valence-corrected chi connectivity index (χ2v) is 10.8. The third kappa shape index (κ3) is 5.67. The van der Waals surface area contributed by atoms with Gasteiger partial charge in [-0.15, -0.1) is 0 Å². The Morgan fingerprint density at radius 1 is 0.975 bits per heavy atom. The molecule has 0 atom stereocenters. The van der Waals surface area contributed by atoms with Crippen molar-refractivity contribution in [2.24, 2.45) is 0 Å². The summed E-state index contributed by atoms with van der Waals surface area (Å²) in [6.07, 6.45) is 1.92. The summed E-state index contributed by atoms with van der Waals surface area (Å²) in [5, 5.41) is 0.676. The predicted octanol–water partition coefficient (Wildman–Crippen LogP) is 4.78. The fourth-order valence-electron chi connectivity index (χ4n) is 5.30. The molecule has 0 aliphatic carbocycles. The van der Waals surface area contributed by atoms with E-state index in [9.17, 15) is 14.0 Å². The summed E-state index contributed by atoms with van der Waals surface area (Å²) in [7, 11) is 0. The Morgan fingerprint density at radius 3 is 2.48 bits per heavy atom.